The van der Waals surface area contributed by atoms with Gasteiger partial charge in [-0.15, -0.1) is 0 Å². The number of nitrogens with one attached hydrogen (secondary N) is 1. The van der Waals surface area contributed by atoms with Crippen molar-refractivity contribution in [2.45, 2.75) is 40.0 Å². The van der Waals surface area contributed by atoms with E-state index in [0.717, 1.165) is 30.5 Å². The molecule has 1 amide bonds. The number of anilines is 1. The second-order valence-electron chi connectivity index (χ2n) is 7.16. The summed E-state index contributed by atoms with van der Waals surface area (Å²) in [6.45, 7) is 6.10. The Morgan fingerprint density at radius 2 is 1.67 bits per heavy atom. The quantitative estimate of drug-likeness (QED) is 0.865. The van der Waals surface area contributed by atoms with Crippen molar-refractivity contribution in [2.75, 3.05) is 5.32 Å². The molecule has 2 bridgehead atoms. The number of hydrogen-bond acceptors (Lipinski definition) is 3. The number of hydrogen-bond donors (Lipinski definition) is 1. The van der Waals surface area contributed by atoms with E-state index in [1.807, 2.05) is 38.1 Å². The summed E-state index contributed by atoms with van der Waals surface area (Å²) in [6, 6.07) is 7.71. The average molecular weight is 326 g/mol. The number of aliphatic carboxylic acids is 1. The van der Waals surface area contributed by atoms with Crippen LogP contribution in [0.15, 0.2) is 35.4 Å². The molecule has 1 N–H and O–H groups in total. The number of rotatable bonds is 4. The molecule has 1 aromatic carbocycles. The van der Waals surface area contributed by atoms with Crippen LogP contribution >= 0.6 is 0 Å². The van der Waals surface area contributed by atoms with Crippen LogP contribution in [0.3, 0.4) is 0 Å². The number of allylic oxidation sites excluding steroid dienone is 2. The highest BCUT2D eigenvalue weighted by Crippen LogP contribution is 2.57. The van der Waals surface area contributed by atoms with E-state index in [1.54, 1.807) is 0 Å². The van der Waals surface area contributed by atoms with E-state index in [4.69, 9.17) is 0 Å². The Morgan fingerprint density at radius 3 is 2.17 bits per heavy atom. The number of benzene rings is 1. The fourth-order valence-corrected chi connectivity index (χ4v) is 4.64. The van der Waals surface area contributed by atoms with Crippen molar-refractivity contribution in [3.63, 3.8) is 0 Å². The lowest BCUT2D eigenvalue weighted by atomic mass is 9.78. The van der Waals surface area contributed by atoms with Crippen molar-refractivity contribution in [3.05, 3.63) is 41.0 Å². The number of amides is 1. The molecule has 0 aliphatic heterocycles. The molecule has 1 aromatic rings. The van der Waals surface area contributed by atoms with E-state index in [2.05, 4.69) is 12.2 Å². The van der Waals surface area contributed by atoms with Gasteiger partial charge in [0.25, 0.3) is 0 Å². The minimum atomic E-state index is -1.09. The molecule has 0 radical (unpaired) electrons. The fourth-order valence-electron chi connectivity index (χ4n) is 4.64. The number of carbonyl (C=O) groups excluding carboxylic acids is 2. The average Bonchev–Trinajstić information content (AvgIpc) is 3.11. The summed E-state index contributed by atoms with van der Waals surface area (Å²) < 4.78 is 0. The molecule has 3 rings (SSSR count). The molecule has 0 spiro atoms. The third-order valence-electron chi connectivity index (χ3n) is 5.62. The summed E-state index contributed by atoms with van der Waals surface area (Å²) in [6.07, 6.45) is 2.68. The third kappa shape index (κ3) is 2.74. The Balaban J connectivity index is 1.85. The van der Waals surface area contributed by atoms with Crippen molar-refractivity contribution in [3.8, 4) is 0 Å². The van der Waals surface area contributed by atoms with Crippen LogP contribution in [0.5, 0.6) is 0 Å². The number of carboxylic acids is 1. The number of fused-ring (bicyclic) bond motifs is 2. The summed E-state index contributed by atoms with van der Waals surface area (Å²) in [5.74, 6) is -2.52. The van der Waals surface area contributed by atoms with E-state index in [9.17, 15) is 14.7 Å². The van der Waals surface area contributed by atoms with Crippen LogP contribution in [0.25, 0.3) is 0 Å². The molecule has 4 atom stereocenters. The maximum Gasteiger partial charge on any atom is 0.228 e. The first-order chi connectivity index (χ1) is 11.4. The molecule has 4 heteroatoms. The second-order valence-corrected chi connectivity index (χ2v) is 7.16. The Kier molecular flexibility index (Phi) is 4.48. The fraction of sp³-hybridized carbons (Fsp3) is 0.500. The summed E-state index contributed by atoms with van der Waals surface area (Å²) >= 11 is 0. The molecule has 2 aliphatic carbocycles. The lowest BCUT2D eigenvalue weighted by Crippen LogP contribution is -2.43. The van der Waals surface area contributed by atoms with Crippen molar-refractivity contribution in [1.82, 2.24) is 0 Å². The van der Waals surface area contributed by atoms with Gasteiger partial charge in [-0.1, -0.05) is 30.2 Å². The normalized spacial score (nSPS) is 28.0. The Morgan fingerprint density at radius 1 is 1.08 bits per heavy atom. The smallest absolute Gasteiger partial charge is 0.228 e. The molecule has 24 heavy (non-hydrogen) atoms. The molecule has 2 fully saturated rings. The van der Waals surface area contributed by atoms with Crippen molar-refractivity contribution in [1.29, 1.82) is 0 Å². The van der Waals surface area contributed by atoms with Crippen LogP contribution in [0.4, 0.5) is 5.69 Å². The van der Waals surface area contributed by atoms with Gasteiger partial charge in [-0.2, -0.15) is 0 Å². The van der Waals surface area contributed by atoms with Crippen LogP contribution in [0.1, 0.15) is 39.2 Å². The highest BCUT2D eigenvalue weighted by atomic mass is 16.4. The third-order valence-corrected chi connectivity index (χ3v) is 5.62. The number of aryl methyl sites for hydroxylation is 1. The summed E-state index contributed by atoms with van der Waals surface area (Å²) in [4.78, 5) is 24.5. The van der Waals surface area contributed by atoms with E-state index in [1.165, 1.54) is 11.1 Å². The zero-order valence-electron chi connectivity index (χ0n) is 14.5. The molecule has 2 saturated carbocycles. The monoisotopic (exact) mass is 326 g/mol. The lowest BCUT2D eigenvalue weighted by molar-refractivity contribution is -0.314. The molecule has 128 valence electrons. The molecule has 0 unspecified atom stereocenters. The predicted octanol–water partition coefficient (Wildman–Crippen LogP) is 2.55. The topological polar surface area (TPSA) is 69.2 Å². The first-order valence-electron chi connectivity index (χ1n) is 8.72. The van der Waals surface area contributed by atoms with Gasteiger partial charge in [0, 0.05) is 17.6 Å². The van der Waals surface area contributed by atoms with Gasteiger partial charge in [-0.3, -0.25) is 4.79 Å². The van der Waals surface area contributed by atoms with Crippen LogP contribution in [0.2, 0.25) is 0 Å². The van der Waals surface area contributed by atoms with Crippen LogP contribution in [-0.2, 0) is 16.0 Å². The highest BCUT2D eigenvalue weighted by Gasteiger charge is 2.54. The lowest BCUT2D eigenvalue weighted by Gasteiger charge is -2.30. The van der Waals surface area contributed by atoms with E-state index in [0.29, 0.717) is 0 Å². The van der Waals surface area contributed by atoms with Gasteiger partial charge >= 0.3 is 0 Å². The molecule has 4 nitrogen and oxygen atoms in total. The van der Waals surface area contributed by atoms with Crippen LogP contribution in [-0.4, -0.2) is 11.9 Å². The number of carbonyl (C=O) groups is 2. The maximum atomic E-state index is 12.8. The second kappa shape index (κ2) is 6.42. The van der Waals surface area contributed by atoms with E-state index < -0.39 is 17.8 Å². The zero-order chi connectivity index (χ0) is 17.4. The van der Waals surface area contributed by atoms with Gasteiger partial charge in [0.1, 0.15) is 0 Å². The van der Waals surface area contributed by atoms with Crippen molar-refractivity contribution < 1.29 is 14.7 Å². The standard InChI is InChI=1S/C20H25NO3/c1-4-12-5-7-13(8-6-12)21-19(22)17-14-9-10-15(16(14)11(2)3)18(17)20(23)24/h5-8,14-15,17-18H,4,9-10H2,1-3H3,(H,21,22)(H,23,24)/p-1/t14-,15+,17+,18-/m0/s1. The molecule has 0 saturated heterocycles. The summed E-state index contributed by atoms with van der Waals surface area (Å²) in [5.41, 5.74) is 4.24. The molecular weight excluding hydrogens is 302 g/mol. The van der Waals surface area contributed by atoms with Gasteiger partial charge in [0.05, 0.1) is 5.92 Å². The van der Waals surface area contributed by atoms with Gasteiger partial charge in [0.15, 0.2) is 0 Å². The molecular formula is C20H24NO3-. The Bertz CT molecular complexity index is 685. The first kappa shape index (κ1) is 16.7. The molecule has 0 heterocycles. The van der Waals surface area contributed by atoms with Gasteiger partial charge in [-0.25, -0.2) is 0 Å². The maximum absolute atomic E-state index is 12.8. The first-order valence-corrected chi connectivity index (χ1v) is 8.72. The van der Waals surface area contributed by atoms with Gasteiger partial charge in [-0.05, 0) is 62.6 Å². The van der Waals surface area contributed by atoms with Gasteiger partial charge < -0.3 is 15.2 Å². The molecule has 0 aromatic heterocycles. The Hall–Kier alpha value is -2.10. The largest absolute Gasteiger partial charge is 0.550 e. The zero-order valence-corrected chi connectivity index (χ0v) is 14.5. The summed E-state index contributed by atoms with van der Waals surface area (Å²) in [7, 11) is 0. The van der Waals surface area contributed by atoms with E-state index >= 15 is 0 Å². The van der Waals surface area contributed by atoms with Crippen LogP contribution < -0.4 is 10.4 Å². The van der Waals surface area contributed by atoms with Crippen molar-refractivity contribution in [2.24, 2.45) is 23.7 Å². The Labute approximate surface area is 143 Å². The SMILES string of the molecule is CCc1ccc(NC(=O)[C@H]2[C@@H](C(=O)[O-])[C@@H]3CC[C@H]2C3=C(C)C)cc1. The number of carboxylic acid groups (broad SMARTS) is 1. The predicted molar refractivity (Wildman–Crippen MR) is 91.0 cm³/mol. The minimum absolute atomic E-state index is 0.0387. The minimum Gasteiger partial charge on any atom is -0.550 e. The summed E-state index contributed by atoms with van der Waals surface area (Å²) in [5, 5.41) is 14.6. The van der Waals surface area contributed by atoms with Crippen LogP contribution in [0, 0.1) is 23.7 Å². The highest BCUT2D eigenvalue weighted by molar-refractivity contribution is 5.96. The van der Waals surface area contributed by atoms with Crippen molar-refractivity contribution >= 4 is 17.6 Å². The van der Waals surface area contributed by atoms with Gasteiger partial charge in [0.2, 0.25) is 5.91 Å². The molecule has 2 aliphatic rings. The van der Waals surface area contributed by atoms with E-state index in [-0.39, 0.29) is 17.7 Å².